The molecule has 2 aliphatic rings. The molecule has 5 heteroatoms. The van der Waals surface area contributed by atoms with E-state index in [1.54, 1.807) is 0 Å². The Bertz CT molecular complexity index is 341. The van der Waals surface area contributed by atoms with Gasteiger partial charge in [0.25, 0.3) is 0 Å². The maximum atomic E-state index is 11.9. The van der Waals surface area contributed by atoms with Gasteiger partial charge in [0.2, 0.25) is 0 Å². The standard InChI is InChI=1S/C14H25N3O2/c1-14(2,3)19-13(18)16-9-5-12(6-10-16)11-17-8-4-7-15-17/h7,12H,4-6,8-11H2,1-3H3. The molecule has 0 aliphatic carbocycles. The highest BCUT2D eigenvalue weighted by atomic mass is 16.6. The van der Waals surface area contributed by atoms with Crippen LogP contribution in [0, 0.1) is 5.92 Å². The largest absolute Gasteiger partial charge is 0.444 e. The first-order valence-electron chi connectivity index (χ1n) is 7.19. The zero-order valence-electron chi connectivity index (χ0n) is 12.3. The Balaban J connectivity index is 1.72. The predicted octanol–water partition coefficient (Wildman–Crippen LogP) is 2.33. The van der Waals surface area contributed by atoms with Crippen LogP contribution in [-0.2, 0) is 4.74 Å². The van der Waals surface area contributed by atoms with Gasteiger partial charge in [0.05, 0.1) is 0 Å². The van der Waals surface area contributed by atoms with Crippen molar-refractivity contribution in [3.05, 3.63) is 0 Å². The Labute approximate surface area is 115 Å². The lowest BCUT2D eigenvalue weighted by Crippen LogP contribution is -2.43. The van der Waals surface area contributed by atoms with Crippen LogP contribution in [0.5, 0.6) is 0 Å². The molecule has 2 rings (SSSR count). The van der Waals surface area contributed by atoms with Gasteiger partial charge in [0.1, 0.15) is 5.60 Å². The third-order valence-corrected chi connectivity index (χ3v) is 3.50. The Morgan fingerprint density at radius 3 is 2.53 bits per heavy atom. The van der Waals surface area contributed by atoms with Crippen LogP contribution < -0.4 is 0 Å². The van der Waals surface area contributed by atoms with Gasteiger partial charge in [-0.2, -0.15) is 5.10 Å². The van der Waals surface area contributed by atoms with Crippen molar-refractivity contribution >= 4 is 12.3 Å². The fourth-order valence-electron chi connectivity index (χ4n) is 2.50. The Morgan fingerprint density at radius 2 is 2.00 bits per heavy atom. The highest BCUT2D eigenvalue weighted by Crippen LogP contribution is 2.21. The van der Waals surface area contributed by atoms with E-state index in [-0.39, 0.29) is 6.09 Å². The van der Waals surface area contributed by atoms with Crippen LogP contribution in [0.4, 0.5) is 4.79 Å². The van der Waals surface area contributed by atoms with Gasteiger partial charge in [-0.1, -0.05) is 0 Å². The average Bonchev–Trinajstić information content (AvgIpc) is 2.80. The van der Waals surface area contributed by atoms with Crippen molar-refractivity contribution in [1.82, 2.24) is 9.91 Å². The van der Waals surface area contributed by atoms with E-state index >= 15 is 0 Å². The van der Waals surface area contributed by atoms with Crippen LogP contribution in [-0.4, -0.2) is 54.0 Å². The molecule has 1 saturated heterocycles. The number of amides is 1. The summed E-state index contributed by atoms with van der Waals surface area (Å²) in [5.41, 5.74) is -0.405. The third kappa shape index (κ3) is 4.40. The summed E-state index contributed by atoms with van der Waals surface area (Å²) in [6.07, 6.45) is 4.97. The average molecular weight is 267 g/mol. The number of carbonyl (C=O) groups excluding carboxylic acids is 1. The second kappa shape index (κ2) is 5.80. The van der Waals surface area contributed by atoms with Gasteiger partial charge in [-0.15, -0.1) is 0 Å². The molecule has 0 saturated carbocycles. The van der Waals surface area contributed by atoms with Crippen LogP contribution in [0.15, 0.2) is 5.10 Å². The van der Waals surface area contributed by atoms with Crippen molar-refractivity contribution in [3.63, 3.8) is 0 Å². The van der Waals surface area contributed by atoms with E-state index in [4.69, 9.17) is 4.74 Å². The molecular weight excluding hydrogens is 242 g/mol. The number of ether oxygens (including phenoxy) is 1. The SMILES string of the molecule is CC(C)(C)OC(=O)N1CCC(CN2CCC=N2)CC1. The minimum Gasteiger partial charge on any atom is -0.444 e. The number of hydrazone groups is 1. The number of rotatable bonds is 2. The maximum Gasteiger partial charge on any atom is 0.410 e. The minimum atomic E-state index is -0.405. The summed E-state index contributed by atoms with van der Waals surface area (Å²) >= 11 is 0. The summed E-state index contributed by atoms with van der Waals surface area (Å²) in [4.78, 5) is 13.8. The number of likely N-dealkylation sites (tertiary alicyclic amines) is 1. The molecule has 1 fully saturated rings. The first-order valence-corrected chi connectivity index (χ1v) is 7.19. The molecule has 108 valence electrons. The number of carbonyl (C=O) groups is 1. The second-order valence-corrected chi connectivity index (χ2v) is 6.41. The number of hydrogen-bond acceptors (Lipinski definition) is 4. The molecule has 0 aromatic heterocycles. The van der Waals surface area contributed by atoms with E-state index < -0.39 is 5.60 Å². The van der Waals surface area contributed by atoms with Gasteiger partial charge in [-0.05, 0) is 39.5 Å². The molecule has 2 aliphatic heterocycles. The Morgan fingerprint density at radius 1 is 1.32 bits per heavy atom. The van der Waals surface area contributed by atoms with Crippen molar-refractivity contribution < 1.29 is 9.53 Å². The minimum absolute atomic E-state index is 0.176. The number of hydrogen-bond donors (Lipinski definition) is 0. The van der Waals surface area contributed by atoms with Crippen molar-refractivity contribution in [2.45, 2.75) is 45.6 Å². The topological polar surface area (TPSA) is 45.1 Å². The normalized spacial score (nSPS) is 21.0. The Kier molecular flexibility index (Phi) is 4.32. The molecule has 0 N–H and O–H groups in total. The van der Waals surface area contributed by atoms with Gasteiger partial charge in [0.15, 0.2) is 0 Å². The van der Waals surface area contributed by atoms with Gasteiger partial charge >= 0.3 is 6.09 Å². The zero-order chi connectivity index (χ0) is 13.9. The summed E-state index contributed by atoms with van der Waals surface area (Å²) in [5, 5.41) is 6.48. The lowest BCUT2D eigenvalue weighted by Gasteiger charge is -2.34. The smallest absolute Gasteiger partial charge is 0.410 e. The highest BCUT2D eigenvalue weighted by Gasteiger charge is 2.27. The molecule has 2 heterocycles. The lowest BCUT2D eigenvalue weighted by atomic mass is 9.97. The van der Waals surface area contributed by atoms with Crippen molar-refractivity contribution in [2.75, 3.05) is 26.2 Å². The molecule has 19 heavy (non-hydrogen) atoms. The van der Waals surface area contributed by atoms with E-state index in [9.17, 15) is 4.79 Å². The number of piperidine rings is 1. The number of nitrogens with zero attached hydrogens (tertiary/aromatic N) is 3. The van der Waals surface area contributed by atoms with Gasteiger partial charge in [-0.3, -0.25) is 5.01 Å². The van der Waals surface area contributed by atoms with E-state index in [1.807, 2.05) is 31.9 Å². The fourth-order valence-corrected chi connectivity index (χ4v) is 2.50. The van der Waals surface area contributed by atoms with E-state index in [1.165, 1.54) is 0 Å². The monoisotopic (exact) mass is 267 g/mol. The van der Waals surface area contributed by atoms with E-state index in [0.29, 0.717) is 5.92 Å². The van der Waals surface area contributed by atoms with E-state index in [2.05, 4.69) is 10.1 Å². The molecule has 0 radical (unpaired) electrons. The molecule has 0 bridgehead atoms. The first-order chi connectivity index (χ1) is 8.94. The highest BCUT2D eigenvalue weighted by molar-refractivity contribution is 5.68. The van der Waals surface area contributed by atoms with Crippen LogP contribution in [0.2, 0.25) is 0 Å². The third-order valence-electron chi connectivity index (χ3n) is 3.50. The molecule has 0 spiro atoms. The maximum absolute atomic E-state index is 11.9. The van der Waals surface area contributed by atoms with Crippen LogP contribution >= 0.6 is 0 Å². The molecule has 1 amide bonds. The second-order valence-electron chi connectivity index (χ2n) is 6.41. The van der Waals surface area contributed by atoms with Gasteiger partial charge in [0, 0.05) is 38.8 Å². The molecule has 0 aromatic carbocycles. The van der Waals surface area contributed by atoms with Crippen molar-refractivity contribution in [3.8, 4) is 0 Å². The Hall–Kier alpha value is -1.26. The summed E-state index contributed by atoms with van der Waals surface area (Å²) in [6, 6.07) is 0. The summed E-state index contributed by atoms with van der Waals surface area (Å²) in [7, 11) is 0. The van der Waals surface area contributed by atoms with E-state index in [0.717, 1.165) is 45.4 Å². The molecule has 0 aromatic rings. The lowest BCUT2D eigenvalue weighted by molar-refractivity contribution is 0.0171. The molecule has 5 nitrogen and oxygen atoms in total. The van der Waals surface area contributed by atoms with Crippen LogP contribution in [0.25, 0.3) is 0 Å². The first kappa shape index (κ1) is 14.2. The predicted molar refractivity (Wildman–Crippen MR) is 75.2 cm³/mol. The molecule has 0 atom stereocenters. The molecule has 0 unspecified atom stereocenters. The molecular formula is C14H25N3O2. The van der Waals surface area contributed by atoms with Crippen LogP contribution in [0.1, 0.15) is 40.0 Å². The summed E-state index contributed by atoms with van der Waals surface area (Å²) in [5.74, 6) is 0.647. The fraction of sp³-hybridized carbons (Fsp3) is 0.857. The van der Waals surface area contributed by atoms with Crippen molar-refractivity contribution in [2.24, 2.45) is 11.0 Å². The van der Waals surface area contributed by atoms with Gasteiger partial charge in [-0.25, -0.2) is 4.79 Å². The summed E-state index contributed by atoms with van der Waals surface area (Å²) in [6.45, 7) is 9.40. The zero-order valence-corrected chi connectivity index (χ0v) is 12.3. The summed E-state index contributed by atoms with van der Waals surface area (Å²) < 4.78 is 5.40. The van der Waals surface area contributed by atoms with Gasteiger partial charge < -0.3 is 9.64 Å². The quantitative estimate of drug-likeness (QED) is 0.771. The van der Waals surface area contributed by atoms with Crippen LogP contribution in [0.3, 0.4) is 0 Å². The van der Waals surface area contributed by atoms with Crippen molar-refractivity contribution in [1.29, 1.82) is 0 Å².